The van der Waals surface area contributed by atoms with E-state index >= 15 is 0 Å². The van der Waals surface area contributed by atoms with Crippen LogP contribution in [0.15, 0.2) is 82.1 Å². The number of aliphatic imine (C=N–C) groups is 1. The Morgan fingerprint density at radius 1 is 1.29 bits per heavy atom. The lowest BCUT2D eigenvalue weighted by Crippen LogP contribution is -2.55. The summed E-state index contributed by atoms with van der Waals surface area (Å²) >= 11 is 0. The normalized spacial score (nSPS) is 26.1. The minimum atomic E-state index is 0.0146. The maximum absolute atomic E-state index is 12.8. The molecule has 28 heavy (non-hydrogen) atoms. The number of allylic oxidation sites excluding steroid dienone is 4. The molecule has 1 aromatic carbocycles. The molecule has 5 nitrogen and oxygen atoms in total. The number of rotatable bonds is 3. The SMILES string of the molecule is C=CC1=C2C3=NC4C1=C2N4CCN3C(=C1CCC=CC1=O)c1ccccc1O. The Labute approximate surface area is 163 Å². The molecule has 0 saturated carbocycles. The van der Waals surface area contributed by atoms with Crippen LogP contribution in [-0.4, -0.2) is 45.8 Å². The summed E-state index contributed by atoms with van der Waals surface area (Å²) in [6, 6.07) is 7.26. The van der Waals surface area contributed by atoms with E-state index in [0.717, 1.165) is 42.2 Å². The highest BCUT2D eigenvalue weighted by Crippen LogP contribution is 2.57. The number of dihydropyridines is 1. The quantitative estimate of drug-likeness (QED) is 0.832. The van der Waals surface area contributed by atoms with Gasteiger partial charge in [-0.1, -0.05) is 30.9 Å². The zero-order valence-electron chi connectivity index (χ0n) is 15.4. The van der Waals surface area contributed by atoms with Gasteiger partial charge in [0, 0.05) is 35.4 Å². The van der Waals surface area contributed by atoms with Gasteiger partial charge in [0.25, 0.3) is 0 Å². The van der Waals surface area contributed by atoms with Crippen molar-refractivity contribution in [1.82, 2.24) is 9.80 Å². The lowest BCUT2D eigenvalue weighted by atomic mass is 9.73. The second kappa shape index (κ2) is 5.35. The summed E-state index contributed by atoms with van der Waals surface area (Å²) in [4.78, 5) is 22.3. The molecule has 6 bridgehead atoms. The van der Waals surface area contributed by atoms with E-state index in [4.69, 9.17) is 4.99 Å². The molecule has 6 heterocycles. The van der Waals surface area contributed by atoms with Crippen molar-refractivity contribution in [3.05, 3.63) is 82.6 Å². The second-order valence-electron chi connectivity index (χ2n) is 7.58. The van der Waals surface area contributed by atoms with Gasteiger partial charge in [-0.05, 0) is 36.6 Å². The van der Waals surface area contributed by atoms with E-state index in [1.807, 2.05) is 24.3 Å². The molecule has 1 aromatic rings. The van der Waals surface area contributed by atoms with Crippen LogP contribution in [0.4, 0.5) is 0 Å². The number of benzene rings is 1. The van der Waals surface area contributed by atoms with Crippen molar-refractivity contribution in [2.75, 3.05) is 13.1 Å². The van der Waals surface area contributed by atoms with E-state index in [9.17, 15) is 9.90 Å². The average Bonchev–Trinajstić information content (AvgIpc) is 2.88. The fraction of sp³-hybridized carbons (Fsp3) is 0.217. The molecule has 9 rings (SSSR count). The Hall–Kier alpha value is -3.34. The number of nitrogens with zero attached hydrogens (tertiary/aromatic N) is 3. The topological polar surface area (TPSA) is 56.1 Å². The van der Waals surface area contributed by atoms with Gasteiger partial charge in [-0.3, -0.25) is 4.79 Å². The van der Waals surface area contributed by atoms with Gasteiger partial charge >= 0.3 is 0 Å². The van der Waals surface area contributed by atoms with Gasteiger partial charge in [-0.25, -0.2) is 4.99 Å². The summed E-state index contributed by atoms with van der Waals surface area (Å²) in [5, 5.41) is 10.6. The highest BCUT2D eigenvalue weighted by atomic mass is 16.3. The standard InChI is InChI=1S/C23H19N3O2/c1-2-13-18-21-19(13)23-24-22(18)25(11-12-26(21)23)20(14-7-3-5-9-16(14)27)15-8-4-6-10-17(15)28/h2-3,5-7,9-10,23,27H,1,4,8,11-12H2. The van der Waals surface area contributed by atoms with Crippen LogP contribution in [0.1, 0.15) is 18.4 Å². The first-order chi connectivity index (χ1) is 13.7. The Morgan fingerprint density at radius 3 is 2.89 bits per heavy atom. The minimum absolute atomic E-state index is 0.0146. The van der Waals surface area contributed by atoms with Crippen molar-refractivity contribution in [1.29, 1.82) is 0 Å². The highest BCUT2D eigenvalue weighted by Gasteiger charge is 2.56. The zero-order valence-corrected chi connectivity index (χ0v) is 15.4. The van der Waals surface area contributed by atoms with Crippen LogP contribution in [0.25, 0.3) is 5.70 Å². The smallest absolute Gasteiger partial charge is 0.183 e. The molecule has 1 unspecified atom stereocenters. The van der Waals surface area contributed by atoms with Crippen molar-refractivity contribution in [2.45, 2.75) is 19.0 Å². The molecular weight excluding hydrogens is 350 g/mol. The fourth-order valence-corrected chi connectivity index (χ4v) is 4.98. The van der Waals surface area contributed by atoms with Gasteiger partial charge in [-0.2, -0.15) is 0 Å². The lowest BCUT2D eigenvalue weighted by Gasteiger charge is -2.54. The summed E-state index contributed by atoms with van der Waals surface area (Å²) in [5.74, 6) is 1.11. The molecule has 1 fully saturated rings. The Morgan fingerprint density at radius 2 is 2.14 bits per heavy atom. The molecule has 0 aromatic heterocycles. The Balaban J connectivity index is 1.57. The predicted octanol–water partition coefficient (Wildman–Crippen LogP) is 3.14. The van der Waals surface area contributed by atoms with Gasteiger partial charge in [0.2, 0.25) is 0 Å². The van der Waals surface area contributed by atoms with Gasteiger partial charge < -0.3 is 14.9 Å². The summed E-state index contributed by atoms with van der Waals surface area (Å²) in [7, 11) is 0. The van der Waals surface area contributed by atoms with Crippen LogP contribution in [0.3, 0.4) is 0 Å². The molecule has 8 aliphatic rings. The fourth-order valence-electron chi connectivity index (χ4n) is 4.98. The van der Waals surface area contributed by atoms with Crippen LogP contribution in [0, 0.1) is 0 Å². The van der Waals surface area contributed by atoms with Crippen LogP contribution in [-0.2, 0) is 4.79 Å². The number of carbonyl (C=O) groups excluding carboxylic acids is 1. The number of hydrogen-bond acceptors (Lipinski definition) is 5. The number of hydrogen-bond donors (Lipinski definition) is 1. The third kappa shape index (κ3) is 1.76. The number of aromatic hydroxyl groups is 1. The Kier molecular flexibility index (Phi) is 3.00. The number of phenolic OH excluding ortho intramolecular Hbond substituents is 1. The van der Waals surface area contributed by atoms with Crippen LogP contribution < -0.4 is 0 Å². The molecule has 0 radical (unpaired) electrons. The first-order valence-corrected chi connectivity index (χ1v) is 9.67. The third-order valence-electron chi connectivity index (χ3n) is 6.23. The number of ketones is 1. The van der Waals surface area contributed by atoms with E-state index in [-0.39, 0.29) is 17.7 Å². The lowest BCUT2D eigenvalue weighted by molar-refractivity contribution is -0.111. The molecular formula is C23H19N3O2. The largest absolute Gasteiger partial charge is 0.507 e. The summed E-state index contributed by atoms with van der Waals surface area (Å²) < 4.78 is 0. The van der Waals surface area contributed by atoms with E-state index in [1.165, 1.54) is 16.8 Å². The van der Waals surface area contributed by atoms with Gasteiger partial charge in [0.05, 0.1) is 11.4 Å². The molecule has 1 N–H and O–H groups in total. The summed E-state index contributed by atoms with van der Waals surface area (Å²) in [5.41, 5.74) is 7.15. The van der Waals surface area contributed by atoms with Crippen molar-refractivity contribution in [3.63, 3.8) is 0 Å². The molecule has 138 valence electrons. The van der Waals surface area contributed by atoms with Crippen LogP contribution >= 0.6 is 0 Å². The van der Waals surface area contributed by atoms with Crippen LogP contribution in [0.2, 0.25) is 0 Å². The molecule has 0 amide bonds. The maximum Gasteiger partial charge on any atom is 0.183 e. The van der Waals surface area contributed by atoms with Crippen molar-refractivity contribution in [3.8, 4) is 5.75 Å². The first-order valence-electron chi connectivity index (χ1n) is 9.67. The maximum atomic E-state index is 12.8. The van der Waals surface area contributed by atoms with Crippen molar-refractivity contribution >= 4 is 17.3 Å². The van der Waals surface area contributed by atoms with Crippen molar-refractivity contribution < 1.29 is 9.90 Å². The van der Waals surface area contributed by atoms with E-state index in [1.54, 1.807) is 18.2 Å². The zero-order chi connectivity index (χ0) is 19.0. The monoisotopic (exact) mass is 369 g/mol. The molecule has 5 heteroatoms. The van der Waals surface area contributed by atoms with Crippen molar-refractivity contribution in [2.24, 2.45) is 4.99 Å². The number of phenols is 1. The van der Waals surface area contributed by atoms with Gasteiger partial charge in [0.1, 0.15) is 11.6 Å². The minimum Gasteiger partial charge on any atom is -0.507 e. The molecule has 1 saturated heterocycles. The van der Waals surface area contributed by atoms with E-state index < -0.39 is 0 Å². The highest BCUT2D eigenvalue weighted by molar-refractivity contribution is 6.17. The number of para-hydroxylation sites is 1. The number of amidine groups is 1. The number of carbonyl (C=O) groups is 1. The molecule has 2 aliphatic carbocycles. The van der Waals surface area contributed by atoms with Gasteiger partial charge in [-0.15, -0.1) is 0 Å². The molecule has 6 aliphatic heterocycles. The number of fused-ring (bicyclic) bond motifs is 2. The molecule has 0 spiro atoms. The average molecular weight is 369 g/mol. The second-order valence-corrected chi connectivity index (χ2v) is 7.58. The predicted molar refractivity (Wildman–Crippen MR) is 107 cm³/mol. The summed E-state index contributed by atoms with van der Waals surface area (Å²) in [6.45, 7) is 5.55. The first kappa shape index (κ1) is 15.7. The van der Waals surface area contributed by atoms with E-state index in [0.29, 0.717) is 12.0 Å². The Bertz CT molecular complexity index is 1130. The third-order valence-corrected chi connectivity index (χ3v) is 6.23. The van der Waals surface area contributed by atoms with Gasteiger partial charge in [0.15, 0.2) is 11.9 Å². The summed E-state index contributed by atoms with van der Waals surface area (Å²) in [6.07, 6.45) is 7.05. The van der Waals surface area contributed by atoms with Crippen LogP contribution in [0.5, 0.6) is 5.75 Å². The van der Waals surface area contributed by atoms with E-state index in [2.05, 4.69) is 16.4 Å². The molecule has 1 atom stereocenters.